The topological polar surface area (TPSA) is 12.0 Å². The second kappa shape index (κ2) is 5.64. The van der Waals surface area contributed by atoms with Crippen molar-refractivity contribution in [1.82, 2.24) is 5.32 Å². The van der Waals surface area contributed by atoms with E-state index in [2.05, 4.69) is 26.1 Å². The van der Waals surface area contributed by atoms with Gasteiger partial charge in [0.15, 0.2) is 0 Å². The maximum atomic E-state index is 3.69. The van der Waals surface area contributed by atoms with Gasteiger partial charge in [0.2, 0.25) is 0 Å². The Morgan fingerprint density at radius 3 is 2.23 bits per heavy atom. The first kappa shape index (κ1) is 11.0. The smallest absolute Gasteiger partial charge is 0.00671 e. The van der Waals surface area contributed by atoms with Gasteiger partial charge < -0.3 is 5.32 Å². The monoisotopic (exact) mass is 183 g/mol. The SMILES string of the molecule is CCC(CC)CNC(C)C1CCC1. The lowest BCUT2D eigenvalue weighted by atomic mass is 9.80. The minimum atomic E-state index is 0.759. The fourth-order valence-electron chi connectivity index (χ4n) is 2.04. The van der Waals surface area contributed by atoms with Crippen LogP contribution in [-0.2, 0) is 0 Å². The Balaban J connectivity index is 2.09. The van der Waals surface area contributed by atoms with Crippen molar-refractivity contribution >= 4 is 0 Å². The summed E-state index contributed by atoms with van der Waals surface area (Å²) < 4.78 is 0. The van der Waals surface area contributed by atoms with Crippen molar-refractivity contribution in [3.63, 3.8) is 0 Å². The summed E-state index contributed by atoms with van der Waals surface area (Å²) >= 11 is 0. The fraction of sp³-hybridized carbons (Fsp3) is 1.00. The summed E-state index contributed by atoms with van der Waals surface area (Å²) in [5, 5.41) is 3.69. The van der Waals surface area contributed by atoms with Crippen LogP contribution in [0.15, 0.2) is 0 Å². The molecule has 0 saturated heterocycles. The molecule has 1 atom stereocenters. The summed E-state index contributed by atoms with van der Waals surface area (Å²) in [5.74, 6) is 1.87. The van der Waals surface area contributed by atoms with Gasteiger partial charge in [0.25, 0.3) is 0 Å². The molecule has 13 heavy (non-hydrogen) atoms. The highest BCUT2D eigenvalue weighted by Gasteiger charge is 2.23. The van der Waals surface area contributed by atoms with Crippen LogP contribution in [0.4, 0.5) is 0 Å². The zero-order valence-corrected chi connectivity index (χ0v) is 9.47. The van der Waals surface area contributed by atoms with Gasteiger partial charge in [0, 0.05) is 6.04 Å². The third-order valence-electron chi connectivity index (χ3n) is 3.74. The summed E-state index contributed by atoms with van der Waals surface area (Å²) in [5.41, 5.74) is 0. The molecular weight excluding hydrogens is 158 g/mol. The van der Waals surface area contributed by atoms with E-state index < -0.39 is 0 Å². The molecule has 1 unspecified atom stereocenters. The first-order chi connectivity index (χ1) is 6.27. The standard InChI is InChI=1S/C12H25N/c1-4-11(5-2)9-13-10(3)12-7-6-8-12/h10-13H,4-9H2,1-3H3. The van der Waals surface area contributed by atoms with Crippen LogP contribution < -0.4 is 5.32 Å². The fourth-order valence-corrected chi connectivity index (χ4v) is 2.04. The molecular formula is C12H25N. The first-order valence-corrected chi connectivity index (χ1v) is 6.01. The van der Waals surface area contributed by atoms with Crippen LogP contribution in [0.3, 0.4) is 0 Å². The molecule has 0 spiro atoms. The molecule has 1 fully saturated rings. The molecule has 0 aromatic heterocycles. The van der Waals surface area contributed by atoms with Crippen molar-refractivity contribution in [3.8, 4) is 0 Å². The quantitative estimate of drug-likeness (QED) is 0.667. The van der Waals surface area contributed by atoms with Crippen molar-refractivity contribution in [1.29, 1.82) is 0 Å². The maximum absolute atomic E-state index is 3.69. The lowest BCUT2D eigenvalue weighted by Gasteiger charge is -2.33. The molecule has 0 aromatic carbocycles. The van der Waals surface area contributed by atoms with E-state index in [1.807, 2.05) is 0 Å². The van der Waals surface area contributed by atoms with Crippen molar-refractivity contribution < 1.29 is 0 Å². The lowest BCUT2D eigenvalue weighted by Crippen LogP contribution is -2.39. The largest absolute Gasteiger partial charge is 0.314 e. The van der Waals surface area contributed by atoms with Gasteiger partial charge in [0.05, 0.1) is 0 Å². The first-order valence-electron chi connectivity index (χ1n) is 6.01. The molecule has 1 aliphatic rings. The van der Waals surface area contributed by atoms with E-state index in [0.29, 0.717) is 0 Å². The van der Waals surface area contributed by atoms with Crippen molar-refractivity contribution in [3.05, 3.63) is 0 Å². The average Bonchev–Trinajstić information content (AvgIpc) is 2.03. The molecule has 0 amide bonds. The molecule has 78 valence electrons. The van der Waals surface area contributed by atoms with Gasteiger partial charge in [-0.05, 0) is 38.1 Å². The average molecular weight is 183 g/mol. The number of rotatable bonds is 6. The molecule has 0 radical (unpaired) electrons. The van der Waals surface area contributed by atoms with E-state index in [-0.39, 0.29) is 0 Å². The van der Waals surface area contributed by atoms with Crippen LogP contribution in [0.5, 0.6) is 0 Å². The van der Waals surface area contributed by atoms with Crippen molar-refractivity contribution in [2.24, 2.45) is 11.8 Å². The highest BCUT2D eigenvalue weighted by atomic mass is 14.9. The summed E-state index contributed by atoms with van der Waals surface area (Å²) in [7, 11) is 0. The lowest BCUT2D eigenvalue weighted by molar-refractivity contribution is 0.232. The van der Waals surface area contributed by atoms with Gasteiger partial charge in [-0.15, -0.1) is 0 Å². The molecule has 1 saturated carbocycles. The summed E-state index contributed by atoms with van der Waals surface area (Å²) in [4.78, 5) is 0. The molecule has 0 aliphatic heterocycles. The van der Waals surface area contributed by atoms with E-state index >= 15 is 0 Å². The van der Waals surface area contributed by atoms with Crippen LogP contribution in [0, 0.1) is 11.8 Å². The third-order valence-corrected chi connectivity index (χ3v) is 3.74. The molecule has 1 N–H and O–H groups in total. The van der Waals surface area contributed by atoms with Gasteiger partial charge in [0.1, 0.15) is 0 Å². The molecule has 0 heterocycles. The Morgan fingerprint density at radius 1 is 1.23 bits per heavy atom. The van der Waals surface area contributed by atoms with Crippen LogP contribution in [0.2, 0.25) is 0 Å². The highest BCUT2D eigenvalue weighted by molar-refractivity contribution is 4.79. The zero-order chi connectivity index (χ0) is 9.68. The number of nitrogens with one attached hydrogen (secondary N) is 1. The minimum Gasteiger partial charge on any atom is -0.314 e. The van der Waals surface area contributed by atoms with Gasteiger partial charge in [-0.3, -0.25) is 0 Å². The van der Waals surface area contributed by atoms with Gasteiger partial charge >= 0.3 is 0 Å². The van der Waals surface area contributed by atoms with Crippen LogP contribution >= 0.6 is 0 Å². The maximum Gasteiger partial charge on any atom is 0.00671 e. The second-order valence-corrected chi connectivity index (χ2v) is 4.57. The van der Waals surface area contributed by atoms with Crippen LogP contribution in [-0.4, -0.2) is 12.6 Å². The van der Waals surface area contributed by atoms with Crippen molar-refractivity contribution in [2.75, 3.05) is 6.54 Å². The Morgan fingerprint density at radius 2 is 1.85 bits per heavy atom. The molecule has 0 bridgehead atoms. The summed E-state index contributed by atoms with van der Waals surface area (Å²) in [6.07, 6.45) is 7.01. The Labute approximate surface area is 83.3 Å². The predicted octanol–water partition coefficient (Wildman–Crippen LogP) is 3.20. The highest BCUT2D eigenvalue weighted by Crippen LogP contribution is 2.29. The molecule has 1 nitrogen and oxygen atoms in total. The van der Waals surface area contributed by atoms with Crippen LogP contribution in [0.25, 0.3) is 0 Å². The van der Waals surface area contributed by atoms with E-state index in [1.165, 1.54) is 38.6 Å². The van der Waals surface area contributed by atoms with E-state index in [4.69, 9.17) is 0 Å². The molecule has 0 aromatic rings. The normalized spacial score (nSPS) is 20.3. The number of hydrogen-bond donors (Lipinski definition) is 1. The molecule has 1 aliphatic carbocycles. The van der Waals surface area contributed by atoms with E-state index in [0.717, 1.165) is 17.9 Å². The minimum absolute atomic E-state index is 0.759. The van der Waals surface area contributed by atoms with Gasteiger partial charge in [-0.1, -0.05) is 33.1 Å². The zero-order valence-electron chi connectivity index (χ0n) is 9.47. The summed E-state index contributed by atoms with van der Waals surface area (Å²) in [6.45, 7) is 8.17. The van der Waals surface area contributed by atoms with Gasteiger partial charge in [-0.25, -0.2) is 0 Å². The van der Waals surface area contributed by atoms with E-state index in [1.54, 1.807) is 0 Å². The predicted molar refractivity (Wildman–Crippen MR) is 58.9 cm³/mol. The number of hydrogen-bond acceptors (Lipinski definition) is 1. The van der Waals surface area contributed by atoms with Crippen LogP contribution in [0.1, 0.15) is 52.9 Å². The molecule has 1 rings (SSSR count). The van der Waals surface area contributed by atoms with Gasteiger partial charge in [-0.2, -0.15) is 0 Å². The van der Waals surface area contributed by atoms with E-state index in [9.17, 15) is 0 Å². The second-order valence-electron chi connectivity index (χ2n) is 4.57. The Kier molecular flexibility index (Phi) is 4.79. The van der Waals surface area contributed by atoms with Crippen molar-refractivity contribution in [2.45, 2.75) is 58.9 Å². The Bertz CT molecular complexity index is 125. The third kappa shape index (κ3) is 3.30. The molecule has 1 heteroatoms. The summed E-state index contributed by atoms with van der Waals surface area (Å²) in [6, 6.07) is 0.759. The Hall–Kier alpha value is -0.0400.